The van der Waals surface area contributed by atoms with E-state index >= 15 is 0 Å². The smallest absolute Gasteiger partial charge is 0.333 e. The van der Waals surface area contributed by atoms with Gasteiger partial charge in [-0.05, 0) is 41.0 Å². The number of H-pyrrole nitrogens is 1. The molecule has 238 valence electrons. The monoisotopic (exact) mass is 634 g/mol. The first-order valence-electron chi connectivity index (χ1n) is 14.0. The molecule has 3 rings (SSSR count). The fourth-order valence-corrected chi connectivity index (χ4v) is 8.82. The quantitative estimate of drug-likeness (QED) is 0.197. The van der Waals surface area contributed by atoms with Crippen LogP contribution in [0.3, 0.4) is 0 Å². The molecule has 5 unspecified atom stereocenters. The van der Waals surface area contributed by atoms with Crippen molar-refractivity contribution < 1.29 is 36.9 Å². The Morgan fingerprint density at radius 3 is 2.38 bits per heavy atom. The molecule has 2 heterocycles. The molecule has 1 N–H and O–H groups in total. The standard InChI is InChI=1S/C26H44N4O10P2/c1-16(2)30(17(3)4)41(38-11-9-10-27)40-22-21(19-14-20(19)42(33,35-7)36-8)39-25(23(22)37-13-12-34-6)29-15-18(5)24(31)28-26(29)32/h15-17,19-23,25H,9,11-14H2,1-8H3,(H,28,31,32)/t19?,20?,21-,22?,23?,25-,41?/m1/s1. The van der Waals surface area contributed by atoms with Gasteiger partial charge in [-0.2, -0.15) is 5.26 Å². The zero-order valence-electron chi connectivity index (χ0n) is 25.6. The lowest BCUT2D eigenvalue weighted by Crippen LogP contribution is -2.42. The first kappa shape index (κ1) is 35.0. The van der Waals surface area contributed by atoms with E-state index in [2.05, 4.69) is 15.7 Å². The fourth-order valence-electron chi connectivity index (χ4n) is 5.23. The first-order valence-corrected chi connectivity index (χ1v) is 16.7. The minimum absolute atomic E-state index is 0.0305. The summed E-state index contributed by atoms with van der Waals surface area (Å²) in [6.45, 7) is 10.3. The Morgan fingerprint density at radius 1 is 1.14 bits per heavy atom. The maximum absolute atomic E-state index is 13.3. The average Bonchev–Trinajstić information content (AvgIpc) is 3.67. The SMILES string of the molecule is COCCOC1C(OP(OCCC#N)N(C(C)C)C(C)C)[C@@H](C2CC2P(=O)(OC)OC)O[C@H]1n1cc(C)c(=O)[nH]c1=O. The Labute approximate surface area is 248 Å². The summed E-state index contributed by atoms with van der Waals surface area (Å²) in [5, 5.41) is 9.15. The van der Waals surface area contributed by atoms with Gasteiger partial charge in [0, 0.05) is 51.1 Å². The second-order valence-electron chi connectivity index (χ2n) is 10.8. The Morgan fingerprint density at radius 2 is 1.81 bits per heavy atom. The third-order valence-corrected chi connectivity index (χ3v) is 11.8. The van der Waals surface area contributed by atoms with Crippen LogP contribution in [-0.4, -0.2) is 91.4 Å². The lowest BCUT2D eigenvalue weighted by Gasteiger charge is -2.38. The average molecular weight is 635 g/mol. The van der Waals surface area contributed by atoms with Crippen molar-refractivity contribution in [3.8, 4) is 6.07 Å². The molecule has 1 saturated heterocycles. The summed E-state index contributed by atoms with van der Waals surface area (Å²) in [6.07, 6.45) is -1.25. The Hall–Kier alpha value is -1.49. The Balaban J connectivity index is 2.10. The molecule has 2 aliphatic rings. The maximum Gasteiger partial charge on any atom is 0.333 e. The van der Waals surface area contributed by atoms with Crippen molar-refractivity contribution in [3.63, 3.8) is 0 Å². The lowest BCUT2D eigenvalue weighted by atomic mass is 10.1. The summed E-state index contributed by atoms with van der Waals surface area (Å²) >= 11 is 0. The van der Waals surface area contributed by atoms with Crippen molar-refractivity contribution in [1.82, 2.24) is 14.2 Å². The van der Waals surface area contributed by atoms with Crippen molar-refractivity contribution in [2.24, 2.45) is 5.92 Å². The third kappa shape index (κ3) is 7.96. The minimum Gasteiger partial charge on any atom is -0.382 e. The predicted octanol–water partition coefficient (Wildman–Crippen LogP) is 3.31. The number of methoxy groups -OCH3 is 1. The van der Waals surface area contributed by atoms with Crippen LogP contribution in [0, 0.1) is 24.2 Å². The molecule has 0 aromatic carbocycles. The molecule has 0 spiro atoms. The normalized spacial score (nSPS) is 26.7. The zero-order valence-corrected chi connectivity index (χ0v) is 27.3. The fraction of sp³-hybridized carbons (Fsp3) is 0.808. The van der Waals surface area contributed by atoms with Crippen LogP contribution < -0.4 is 11.2 Å². The topological polar surface area (TPSA) is 164 Å². The van der Waals surface area contributed by atoms with Gasteiger partial charge in [0.05, 0.1) is 44.1 Å². The van der Waals surface area contributed by atoms with Gasteiger partial charge in [-0.3, -0.25) is 18.9 Å². The highest BCUT2D eigenvalue weighted by molar-refractivity contribution is 7.55. The van der Waals surface area contributed by atoms with Crippen LogP contribution in [0.5, 0.6) is 0 Å². The van der Waals surface area contributed by atoms with E-state index in [1.54, 1.807) is 14.0 Å². The Bertz CT molecular complexity index is 1220. The summed E-state index contributed by atoms with van der Waals surface area (Å²) < 4.78 is 58.2. The second-order valence-corrected chi connectivity index (χ2v) is 14.7. The number of hydrogen-bond donors (Lipinski definition) is 1. The Kier molecular flexibility index (Phi) is 12.9. The number of nitriles is 1. The van der Waals surface area contributed by atoms with Gasteiger partial charge in [0.15, 0.2) is 6.23 Å². The molecule has 1 aliphatic carbocycles. The molecule has 0 radical (unpaired) electrons. The molecule has 42 heavy (non-hydrogen) atoms. The van der Waals surface area contributed by atoms with Crippen LogP contribution in [0.25, 0.3) is 0 Å². The van der Waals surface area contributed by atoms with Gasteiger partial charge in [-0.25, -0.2) is 9.46 Å². The molecule has 16 heteroatoms. The molecule has 7 atom stereocenters. The van der Waals surface area contributed by atoms with E-state index in [0.29, 0.717) is 12.0 Å². The molecular formula is C26H44N4O10P2. The summed E-state index contributed by atoms with van der Waals surface area (Å²) in [6, 6.07) is 2.16. The number of rotatable bonds is 17. The summed E-state index contributed by atoms with van der Waals surface area (Å²) in [7, 11) is -0.931. The van der Waals surface area contributed by atoms with Gasteiger partial charge in [0.25, 0.3) is 14.1 Å². The van der Waals surface area contributed by atoms with Crippen LogP contribution in [0.15, 0.2) is 15.8 Å². The van der Waals surface area contributed by atoms with E-state index in [9.17, 15) is 14.2 Å². The van der Waals surface area contributed by atoms with Crippen molar-refractivity contribution >= 4 is 16.1 Å². The molecule has 0 bridgehead atoms. The predicted molar refractivity (Wildman–Crippen MR) is 155 cm³/mol. The zero-order chi connectivity index (χ0) is 31.2. The van der Waals surface area contributed by atoms with Gasteiger partial charge < -0.3 is 32.3 Å². The number of aryl methyl sites for hydroxylation is 1. The summed E-state index contributed by atoms with van der Waals surface area (Å²) in [5.74, 6) is -0.304. The molecule has 14 nitrogen and oxygen atoms in total. The van der Waals surface area contributed by atoms with Crippen LogP contribution in [-0.2, 0) is 36.9 Å². The van der Waals surface area contributed by atoms with E-state index in [1.807, 2.05) is 27.7 Å². The van der Waals surface area contributed by atoms with E-state index in [0.717, 1.165) is 0 Å². The molecule has 2 fully saturated rings. The van der Waals surface area contributed by atoms with Gasteiger partial charge >= 0.3 is 13.3 Å². The molecule has 1 saturated carbocycles. The third-order valence-electron chi connectivity index (χ3n) is 7.26. The second kappa shape index (κ2) is 15.5. The van der Waals surface area contributed by atoms with Gasteiger partial charge in [-0.1, -0.05) is 0 Å². The summed E-state index contributed by atoms with van der Waals surface area (Å²) in [5.41, 5.74) is -1.30. The van der Waals surface area contributed by atoms with E-state index in [1.165, 1.54) is 25.0 Å². The number of hydrogen-bond acceptors (Lipinski definition) is 12. The number of aromatic amines is 1. The molecule has 1 aromatic rings. The molecule has 0 amide bonds. The lowest BCUT2D eigenvalue weighted by molar-refractivity contribution is -0.0796. The number of aromatic nitrogens is 2. The maximum atomic E-state index is 13.3. The number of nitrogens with zero attached hydrogens (tertiary/aromatic N) is 3. The number of ether oxygens (including phenoxy) is 3. The van der Waals surface area contributed by atoms with Gasteiger partial charge in [0.1, 0.15) is 12.2 Å². The van der Waals surface area contributed by atoms with E-state index < -0.39 is 57.6 Å². The number of nitrogens with one attached hydrogen (secondary N) is 1. The van der Waals surface area contributed by atoms with Crippen LogP contribution in [0.1, 0.15) is 52.3 Å². The van der Waals surface area contributed by atoms with E-state index in [4.69, 9.17) is 37.6 Å². The summed E-state index contributed by atoms with van der Waals surface area (Å²) in [4.78, 5) is 27.5. The van der Waals surface area contributed by atoms with Crippen LogP contribution >= 0.6 is 16.1 Å². The van der Waals surface area contributed by atoms with Crippen LogP contribution in [0.2, 0.25) is 0 Å². The molecular weight excluding hydrogens is 590 g/mol. The van der Waals surface area contributed by atoms with Crippen molar-refractivity contribution in [1.29, 1.82) is 5.26 Å². The molecule has 1 aliphatic heterocycles. The highest BCUT2D eigenvalue weighted by Crippen LogP contribution is 2.67. The highest BCUT2D eigenvalue weighted by Gasteiger charge is 2.63. The molecule has 1 aromatic heterocycles. The van der Waals surface area contributed by atoms with E-state index in [-0.39, 0.29) is 44.2 Å². The van der Waals surface area contributed by atoms with Gasteiger partial charge in [0.2, 0.25) is 0 Å². The van der Waals surface area contributed by atoms with Crippen molar-refractivity contribution in [2.75, 3.05) is 41.2 Å². The first-order chi connectivity index (χ1) is 19.9. The van der Waals surface area contributed by atoms with Crippen molar-refractivity contribution in [2.45, 2.75) is 89.7 Å². The van der Waals surface area contributed by atoms with Crippen molar-refractivity contribution in [3.05, 3.63) is 32.6 Å². The van der Waals surface area contributed by atoms with Crippen LogP contribution in [0.4, 0.5) is 0 Å². The highest BCUT2D eigenvalue weighted by atomic mass is 31.2. The minimum atomic E-state index is -3.43. The largest absolute Gasteiger partial charge is 0.382 e. The van der Waals surface area contributed by atoms with Gasteiger partial charge in [-0.15, -0.1) is 0 Å².